The number of nitro groups is 1. The van der Waals surface area contributed by atoms with E-state index in [1.165, 1.54) is 0 Å². The lowest BCUT2D eigenvalue weighted by Crippen LogP contribution is -1.74. The molecule has 0 aliphatic rings. The Hall–Kier alpha value is -0.383. The molecule has 0 N–H and O–H groups in total. The van der Waals surface area contributed by atoms with Crippen molar-refractivity contribution in [1.82, 2.24) is 0 Å². The van der Waals surface area contributed by atoms with Crippen LogP contribution >= 0.6 is 0 Å². The molecular formula is CNO2Si. The van der Waals surface area contributed by atoms with Crippen LogP contribution in [0.25, 0.3) is 0 Å². The summed E-state index contributed by atoms with van der Waals surface area (Å²) < 4.78 is 0. The number of hydrogen-bond donors (Lipinski definition) is 0. The molecule has 0 aromatic carbocycles. The number of nitrogens with zero attached hydrogens (tertiary/aromatic N) is 1. The third-order valence-corrected chi connectivity index (χ3v) is 0. The molecule has 0 aromatic rings. The zero-order chi connectivity index (χ0) is 3.58. The molecule has 0 unspecified atom stereocenters. The van der Waals surface area contributed by atoms with Crippen molar-refractivity contribution >= 4 is 11.0 Å². The molecule has 0 amide bonds. The largest absolute Gasteiger partial charge is 0.474 e. The molecule has 0 aliphatic heterocycles. The number of hydrogen-bond acceptors (Lipinski definition) is 2. The van der Waals surface area contributed by atoms with Crippen molar-refractivity contribution in [3.8, 4) is 0 Å². The monoisotopic (exact) mass is 86.0 g/mol. The standard InChI is InChI=1S/CNO2.Si/c1-2(3)4;. The predicted octanol–water partition coefficient (Wildman–Crippen LogP) is -0.572. The van der Waals surface area contributed by atoms with Gasteiger partial charge in [0.1, 0.15) is 0 Å². The van der Waals surface area contributed by atoms with Crippen LogP contribution in [0, 0.1) is 17.2 Å². The summed E-state index contributed by atoms with van der Waals surface area (Å²) in [5, 5.41) is 8.47. The summed E-state index contributed by atoms with van der Waals surface area (Å²) in [7, 11) is 5.31. The van der Waals surface area contributed by atoms with Crippen molar-refractivity contribution in [3.63, 3.8) is 0 Å². The van der Waals surface area contributed by atoms with Gasteiger partial charge in [-0.05, 0) is 0 Å². The van der Waals surface area contributed by atoms with Crippen LogP contribution in [0.2, 0.25) is 0 Å². The van der Waals surface area contributed by atoms with Crippen LogP contribution in [0.3, 0.4) is 0 Å². The highest BCUT2D eigenvalue weighted by molar-refractivity contribution is 5.75. The fourth-order valence-electron chi connectivity index (χ4n) is 0. The average molecular weight is 86.1 g/mol. The highest BCUT2D eigenvalue weighted by atomic mass is 28.1. The van der Waals surface area contributed by atoms with Gasteiger partial charge in [-0.2, -0.15) is 0 Å². The quantitative estimate of drug-likeness (QED) is 0.225. The van der Waals surface area contributed by atoms with E-state index in [1.54, 1.807) is 0 Å². The van der Waals surface area contributed by atoms with E-state index in [-0.39, 0.29) is 11.0 Å². The molecule has 0 fully saturated rings. The summed E-state index contributed by atoms with van der Waals surface area (Å²) in [4.78, 5) is 7.22. The van der Waals surface area contributed by atoms with Crippen LogP contribution < -0.4 is 0 Å². The second-order valence-electron chi connectivity index (χ2n) is 0.257. The van der Waals surface area contributed by atoms with Gasteiger partial charge in [0.25, 0.3) is 0 Å². The lowest BCUT2D eigenvalue weighted by Gasteiger charge is -1.58. The van der Waals surface area contributed by atoms with Crippen molar-refractivity contribution < 1.29 is 4.92 Å². The van der Waals surface area contributed by atoms with Crippen molar-refractivity contribution in [3.05, 3.63) is 17.2 Å². The Morgan fingerprint density at radius 2 is 1.80 bits per heavy atom. The minimum atomic E-state index is -1.25. The zero-order valence-corrected chi connectivity index (χ0v) is 3.26. The molecule has 0 aliphatic carbocycles. The molecule has 0 bridgehead atoms. The molecule has 0 atom stereocenters. The molecule has 25 valence electrons. The van der Waals surface area contributed by atoms with E-state index in [1.807, 2.05) is 0 Å². The maximum Gasteiger partial charge on any atom is 0.474 e. The lowest BCUT2D eigenvalue weighted by molar-refractivity contribution is -0.410. The normalized spacial score (nSPS) is 5.00. The van der Waals surface area contributed by atoms with Crippen molar-refractivity contribution in [2.75, 3.05) is 0 Å². The highest BCUT2D eigenvalue weighted by Crippen LogP contribution is 1.45. The molecule has 7 radical (unpaired) electrons. The second kappa shape index (κ2) is 3.62. The van der Waals surface area contributed by atoms with Gasteiger partial charge in [0.15, 0.2) is 0 Å². The Kier molecular flexibility index (Phi) is 6.38. The maximum absolute atomic E-state index is 8.47. The molecule has 0 aromatic heterocycles. The van der Waals surface area contributed by atoms with E-state index in [4.69, 9.17) is 17.2 Å². The summed E-state index contributed by atoms with van der Waals surface area (Å²) in [6, 6.07) is 0. The van der Waals surface area contributed by atoms with E-state index in [9.17, 15) is 0 Å². The Labute approximate surface area is 34.2 Å². The number of rotatable bonds is 0. The van der Waals surface area contributed by atoms with Gasteiger partial charge in [0, 0.05) is 11.0 Å². The molecular weight excluding hydrogens is 86.1 g/mol. The molecule has 0 heterocycles. The van der Waals surface area contributed by atoms with E-state index in [0.717, 1.165) is 0 Å². The summed E-state index contributed by atoms with van der Waals surface area (Å²) in [6.07, 6.45) is 0. The van der Waals surface area contributed by atoms with Crippen molar-refractivity contribution in [2.24, 2.45) is 0 Å². The van der Waals surface area contributed by atoms with E-state index in [2.05, 4.69) is 0 Å². The summed E-state index contributed by atoms with van der Waals surface area (Å²) in [6.45, 7) is 0. The molecule has 3 nitrogen and oxygen atoms in total. The minimum absolute atomic E-state index is 0. The summed E-state index contributed by atoms with van der Waals surface area (Å²) >= 11 is 0. The smallest absolute Gasteiger partial charge is 0.263 e. The van der Waals surface area contributed by atoms with Crippen molar-refractivity contribution in [1.29, 1.82) is 0 Å². The van der Waals surface area contributed by atoms with E-state index < -0.39 is 4.92 Å². The molecule has 0 saturated carbocycles. The first-order valence-corrected chi connectivity index (χ1v) is 0.589. The van der Waals surface area contributed by atoms with Crippen LogP contribution in [0.15, 0.2) is 0 Å². The van der Waals surface area contributed by atoms with Gasteiger partial charge in [-0.3, -0.25) is 10.1 Å². The van der Waals surface area contributed by atoms with E-state index >= 15 is 0 Å². The summed E-state index contributed by atoms with van der Waals surface area (Å²) in [5.41, 5.74) is 0. The fourth-order valence-corrected chi connectivity index (χ4v) is 0. The van der Waals surface area contributed by atoms with Gasteiger partial charge >= 0.3 is 7.05 Å². The first-order chi connectivity index (χ1) is 1.73. The Balaban J connectivity index is 0. The molecule has 0 spiro atoms. The van der Waals surface area contributed by atoms with Gasteiger partial charge in [-0.25, -0.2) is 0 Å². The van der Waals surface area contributed by atoms with Gasteiger partial charge < -0.3 is 0 Å². The SMILES string of the molecule is [C][N+](=O)[O-].[Si]. The first kappa shape index (κ1) is 8.82. The van der Waals surface area contributed by atoms with Crippen molar-refractivity contribution in [2.45, 2.75) is 0 Å². The zero-order valence-electron chi connectivity index (χ0n) is 2.26. The third-order valence-electron chi connectivity index (χ3n) is 0. The second-order valence-corrected chi connectivity index (χ2v) is 0.257. The van der Waals surface area contributed by atoms with Gasteiger partial charge in [0.05, 0.1) is 4.92 Å². The average Bonchev–Trinajstić information content (AvgIpc) is 0.811. The van der Waals surface area contributed by atoms with Crippen LogP contribution in [0.4, 0.5) is 0 Å². The molecule has 0 rings (SSSR count). The minimum Gasteiger partial charge on any atom is -0.263 e. The van der Waals surface area contributed by atoms with Crippen LogP contribution in [0.5, 0.6) is 0 Å². The molecule has 5 heavy (non-hydrogen) atoms. The Bertz CT molecular complexity index is 32.6. The highest BCUT2D eigenvalue weighted by Gasteiger charge is 1.67. The lowest BCUT2D eigenvalue weighted by atomic mass is 11.5. The van der Waals surface area contributed by atoms with Crippen LogP contribution in [-0.2, 0) is 0 Å². The molecule has 0 saturated heterocycles. The van der Waals surface area contributed by atoms with Gasteiger partial charge in [0.2, 0.25) is 0 Å². The predicted molar refractivity (Wildman–Crippen MR) is 16.0 cm³/mol. The van der Waals surface area contributed by atoms with Crippen LogP contribution in [-0.4, -0.2) is 15.9 Å². The first-order valence-electron chi connectivity index (χ1n) is 0.589. The van der Waals surface area contributed by atoms with E-state index in [0.29, 0.717) is 0 Å². The topological polar surface area (TPSA) is 43.1 Å². The third kappa shape index (κ3) is 64.4. The maximum atomic E-state index is 8.47. The fraction of sp³-hybridized carbons (Fsp3) is 0. The molecule has 4 heteroatoms. The van der Waals surface area contributed by atoms with Gasteiger partial charge in [-0.1, -0.05) is 0 Å². The Morgan fingerprint density at radius 3 is 1.80 bits per heavy atom. The van der Waals surface area contributed by atoms with Gasteiger partial charge in [-0.15, -0.1) is 0 Å². The Morgan fingerprint density at radius 1 is 1.80 bits per heavy atom. The van der Waals surface area contributed by atoms with Crippen LogP contribution in [0.1, 0.15) is 0 Å². The summed E-state index contributed by atoms with van der Waals surface area (Å²) in [5.74, 6) is 0.